The minimum Gasteiger partial charge on any atom is -0.489 e. The highest BCUT2D eigenvalue weighted by molar-refractivity contribution is 6.35. The first-order chi connectivity index (χ1) is 9.63. The molecule has 1 rings (SSSR count). The lowest BCUT2D eigenvalue weighted by Crippen LogP contribution is -2.33. The Morgan fingerprint density at radius 1 is 1.25 bits per heavy atom. The summed E-state index contributed by atoms with van der Waals surface area (Å²) in [5.74, 6) is 0.487. The molecule has 1 aromatic rings. The van der Waals surface area contributed by atoms with Crippen molar-refractivity contribution < 1.29 is 19.7 Å². The Labute approximate surface area is 128 Å². The van der Waals surface area contributed by atoms with Crippen LogP contribution in [-0.4, -0.2) is 55.8 Å². The lowest BCUT2D eigenvalue weighted by atomic mass is 10.3. The maximum absolute atomic E-state index is 9.72. The highest BCUT2D eigenvalue weighted by atomic mass is 35.5. The van der Waals surface area contributed by atoms with E-state index in [4.69, 9.17) is 37.8 Å². The maximum atomic E-state index is 9.72. The summed E-state index contributed by atoms with van der Waals surface area (Å²) >= 11 is 11.7. The largest absolute Gasteiger partial charge is 0.489 e. The van der Waals surface area contributed by atoms with Gasteiger partial charge in [-0.3, -0.25) is 0 Å². The van der Waals surface area contributed by atoms with Crippen LogP contribution in [0.25, 0.3) is 0 Å². The first-order valence-electron chi connectivity index (χ1n) is 6.28. The van der Waals surface area contributed by atoms with E-state index in [-0.39, 0.29) is 13.2 Å². The van der Waals surface area contributed by atoms with Gasteiger partial charge in [0.2, 0.25) is 0 Å². The van der Waals surface area contributed by atoms with Crippen molar-refractivity contribution >= 4 is 23.2 Å². The monoisotopic (exact) mass is 323 g/mol. The van der Waals surface area contributed by atoms with Crippen molar-refractivity contribution in [2.45, 2.75) is 6.10 Å². The molecule has 0 aliphatic carbocycles. The highest BCUT2D eigenvalue weighted by Gasteiger charge is 2.07. The predicted molar refractivity (Wildman–Crippen MR) is 78.7 cm³/mol. The van der Waals surface area contributed by atoms with Crippen molar-refractivity contribution in [2.75, 3.05) is 39.5 Å². The van der Waals surface area contributed by atoms with Crippen LogP contribution < -0.4 is 10.1 Å². The van der Waals surface area contributed by atoms with Gasteiger partial charge in [0.1, 0.15) is 18.5 Å². The molecule has 7 heteroatoms. The Kier molecular flexibility index (Phi) is 8.93. The van der Waals surface area contributed by atoms with Crippen LogP contribution >= 0.6 is 23.2 Å². The molecule has 0 fully saturated rings. The van der Waals surface area contributed by atoms with Crippen molar-refractivity contribution in [1.29, 1.82) is 0 Å². The molecule has 114 valence electrons. The maximum Gasteiger partial charge on any atom is 0.138 e. The van der Waals surface area contributed by atoms with E-state index in [9.17, 15) is 5.11 Å². The molecule has 1 unspecified atom stereocenters. The summed E-state index contributed by atoms with van der Waals surface area (Å²) in [7, 11) is 0. The minimum absolute atomic E-state index is 0.0122. The molecule has 0 bridgehead atoms. The summed E-state index contributed by atoms with van der Waals surface area (Å²) in [5.41, 5.74) is 0. The molecule has 0 saturated carbocycles. The summed E-state index contributed by atoms with van der Waals surface area (Å²) in [6, 6.07) is 4.92. The molecule has 3 N–H and O–H groups in total. The summed E-state index contributed by atoms with van der Waals surface area (Å²) < 4.78 is 10.5. The second-order valence-electron chi connectivity index (χ2n) is 4.08. The third kappa shape index (κ3) is 7.28. The third-order valence-corrected chi connectivity index (χ3v) is 2.89. The Hall–Kier alpha value is -0.560. The second kappa shape index (κ2) is 10.2. The normalized spacial score (nSPS) is 12.4. The molecule has 1 atom stereocenters. The van der Waals surface area contributed by atoms with Crippen LogP contribution in [-0.2, 0) is 4.74 Å². The van der Waals surface area contributed by atoms with Crippen LogP contribution in [0.1, 0.15) is 0 Å². The van der Waals surface area contributed by atoms with Gasteiger partial charge in [-0.2, -0.15) is 0 Å². The average Bonchev–Trinajstić information content (AvgIpc) is 2.41. The van der Waals surface area contributed by atoms with Gasteiger partial charge in [0.15, 0.2) is 0 Å². The molecule has 0 spiro atoms. The van der Waals surface area contributed by atoms with E-state index in [0.29, 0.717) is 42.1 Å². The fourth-order valence-electron chi connectivity index (χ4n) is 1.42. The molecule has 0 aliphatic rings. The van der Waals surface area contributed by atoms with E-state index >= 15 is 0 Å². The number of halogens is 2. The summed E-state index contributed by atoms with van der Waals surface area (Å²) in [6.45, 7) is 1.93. The number of rotatable bonds is 10. The van der Waals surface area contributed by atoms with Crippen molar-refractivity contribution in [3.8, 4) is 5.75 Å². The Balaban J connectivity index is 2.14. The lowest BCUT2D eigenvalue weighted by Gasteiger charge is -2.14. The van der Waals surface area contributed by atoms with E-state index < -0.39 is 6.10 Å². The number of aliphatic hydroxyl groups excluding tert-OH is 2. The van der Waals surface area contributed by atoms with Crippen LogP contribution in [0.4, 0.5) is 0 Å². The average molecular weight is 324 g/mol. The van der Waals surface area contributed by atoms with Gasteiger partial charge >= 0.3 is 0 Å². The number of aliphatic hydroxyl groups is 2. The Morgan fingerprint density at radius 2 is 2.05 bits per heavy atom. The van der Waals surface area contributed by atoms with Crippen LogP contribution in [0, 0.1) is 0 Å². The Morgan fingerprint density at radius 3 is 2.75 bits per heavy atom. The zero-order valence-electron chi connectivity index (χ0n) is 11.0. The van der Waals surface area contributed by atoms with E-state index in [1.165, 1.54) is 0 Å². The molecular formula is C13H19Cl2NO4. The third-order valence-electron chi connectivity index (χ3n) is 2.36. The summed E-state index contributed by atoms with van der Waals surface area (Å²) in [6.07, 6.45) is -0.653. The van der Waals surface area contributed by atoms with Gasteiger partial charge < -0.3 is 25.0 Å². The fraction of sp³-hybridized carbons (Fsp3) is 0.538. The molecule has 0 heterocycles. The van der Waals surface area contributed by atoms with Crippen LogP contribution in [0.3, 0.4) is 0 Å². The molecular weight excluding hydrogens is 305 g/mol. The predicted octanol–water partition coefficient (Wildman–Crippen LogP) is 1.33. The molecule has 20 heavy (non-hydrogen) atoms. The van der Waals surface area contributed by atoms with Crippen molar-refractivity contribution in [2.24, 2.45) is 0 Å². The van der Waals surface area contributed by atoms with Crippen molar-refractivity contribution in [1.82, 2.24) is 5.32 Å². The number of benzene rings is 1. The first kappa shape index (κ1) is 17.5. The summed E-state index contributed by atoms with van der Waals surface area (Å²) in [4.78, 5) is 0. The van der Waals surface area contributed by atoms with E-state index in [0.717, 1.165) is 0 Å². The van der Waals surface area contributed by atoms with Gasteiger partial charge in [0, 0.05) is 18.1 Å². The molecule has 0 aliphatic heterocycles. The smallest absolute Gasteiger partial charge is 0.138 e. The first-order valence-corrected chi connectivity index (χ1v) is 7.04. The van der Waals surface area contributed by atoms with Gasteiger partial charge in [-0.05, 0) is 18.2 Å². The number of hydrogen-bond donors (Lipinski definition) is 3. The fourth-order valence-corrected chi connectivity index (χ4v) is 1.88. The lowest BCUT2D eigenvalue weighted by molar-refractivity contribution is 0.0842. The highest BCUT2D eigenvalue weighted by Crippen LogP contribution is 2.27. The Bertz CT molecular complexity index is 393. The van der Waals surface area contributed by atoms with Gasteiger partial charge in [-0.25, -0.2) is 0 Å². The van der Waals surface area contributed by atoms with Gasteiger partial charge in [-0.1, -0.05) is 23.2 Å². The molecule has 5 nitrogen and oxygen atoms in total. The molecule has 0 amide bonds. The topological polar surface area (TPSA) is 71.0 Å². The van der Waals surface area contributed by atoms with Crippen LogP contribution in [0.2, 0.25) is 10.0 Å². The molecule has 1 aromatic carbocycles. The number of nitrogens with one attached hydrogen (secondary N) is 1. The SMILES string of the molecule is OCCOCCNCC(O)COc1ccc(Cl)cc1Cl. The number of hydrogen-bond acceptors (Lipinski definition) is 5. The molecule has 0 radical (unpaired) electrons. The van der Waals surface area contributed by atoms with Crippen LogP contribution in [0.15, 0.2) is 18.2 Å². The van der Waals surface area contributed by atoms with E-state index in [1.54, 1.807) is 18.2 Å². The van der Waals surface area contributed by atoms with E-state index in [2.05, 4.69) is 5.32 Å². The summed E-state index contributed by atoms with van der Waals surface area (Å²) in [5, 5.41) is 22.2. The number of ether oxygens (including phenoxy) is 2. The van der Waals surface area contributed by atoms with Crippen molar-refractivity contribution in [3.05, 3.63) is 28.2 Å². The molecule has 0 aromatic heterocycles. The van der Waals surface area contributed by atoms with Gasteiger partial charge in [0.05, 0.1) is 24.8 Å². The molecule has 0 saturated heterocycles. The van der Waals surface area contributed by atoms with Gasteiger partial charge in [-0.15, -0.1) is 0 Å². The minimum atomic E-state index is -0.653. The zero-order chi connectivity index (χ0) is 14.8. The van der Waals surface area contributed by atoms with Crippen molar-refractivity contribution in [3.63, 3.8) is 0 Å². The quantitative estimate of drug-likeness (QED) is 0.567. The van der Waals surface area contributed by atoms with Gasteiger partial charge in [0.25, 0.3) is 0 Å². The standard InChI is InChI=1S/C13H19Cl2NO4/c14-10-1-2-13(12(15)7-10)20-9-11(18)8-16-3-5-19-6-4-17/h1-2,7,11,16-18H,3-6,8-9H2. The zero-order valence-corrected chi connectivity index (χ0v) is 12.5. The van der Waals surface area contributed by atoms with Crippen LogP contribution in [0.5, 0.6) is 5.75 Å². The second-order valence-corrected chi connectivity index (χ2v) is 4.92. The van der Waals surface area contributed by atoms with E-state index in [1.807, 2.05) is 0 Å².